The summed E-state index contributed by atoms with van der Waals surface area (Å²) in [5.74, 6) is 1.51. The first-order valence-electron chi connectivity index (χ1n) is 11.8. The summed E-state index contributed by atoms with van der Waals surface area (Å²) < 4.78 is 2.13. The molecule has 1 amide bonds. The van der Waals surface area contributed by atoms with Gasteiger partial charge in [0.25, 0.3) is 5.91 Å². The molecule has 0 aliphatic rings. The quantitative estimate of drug-likeness (QED) is 0.246. The standard InChI is InChI=1S/C30H26N4OS/c1-22-10-8-9-15-27(22)31-29(35)25-18-16-24(17-19-25)21-36-30-33-32-28(20-23-11-4-2-5-12-23)34(30)26-13-6-3-7-14-26/h2-19H,20-21H2,1H3,(H,31,35). The number of nitrogens with one attached hydrogen (secondary N) is 1. The first-order valence-corrected chi connectivity index (χ1v) is 12.8. The van der Waals surface area contributed by atoms with Gasteiger partial charge in [-0.15, -0.1) is 10.2 Å². The molecular formula is C30H26N4OS. The number of carbonyl (C=O) groups excluding carboxylic acids is 1. The number of carbonyl (C=O) groups is 1. The van der Waals surface area contributed by atoms with Gasteiger partial charge >= 0.3 is 0 Å². The molecule has 0 unspecified atom stereocenters. The lowest BCUT2D eigenvalue weighted by Crippen LogP contribution is -2.12. The molecule has 1 heterocycles. The second kappa shape index (κ2) is 11.1. The third kappa shape index (κ3) is 5.56. The SMILES string of the molecule is Cc1ccccc1NC(=O)c1ccc(CSc2nnc(Cc3ccccc3)n2-c2ccccc2)cc1. The molecule has 5 aromatic rings. The van der Waals surface area contributed by atoms with Gasteiger partial charge in [0.05, 0.1) is 0 Å². The van der Waals surface area contributed by atoms with Crippen LogP contribution in [0.2, 0.25) is 0 Å². The summed E-state index contributed by atoms with van der Waals surface area (Å²) in [6.45, 7) is 1.98. The zero-order valence-corrected chi connectivity index (χ0v) is 20.8. The van der Waals surface area contributed by atoms with Crippen LogP contribution < -0.4 is 5.32 Å². The average molecular weight is 491 g/mol. The Morgan fingerprint density at radius 1 is 0.778 bits per heavy atom. The number of aryl methyl sites for hydroxylation is 1. The van der Waals surface area contributed by atoms with Crippen LogP contribution >= 0.6 is 11.8 Å². The summed E-state index contributed by atoms with van der Waals surface area (Å²) in [4.78, 5) is 12.7. The molecule has 0 radical (unpaired) electrons. The highest BCUT2D eigenvalue weighted by Crippen LogP contribution is 2.26. The van der Waals surface area contributed by atoms with Gasteiger partial charge in [0, 0.05) is 29.1 Å². The van der Waals surface area contributed by atoms with E-state index < -0.39 is 0 Å². The van der Waals surface area contributed by atoms with Crippen molar-refractivity contribution in [2.24, 2.45) is 0 Å². The number of hydrogen-bond donors (Lipinski definition) is 1. The Kier molecular flexibility index (Phi) is 7.24. The number of amides is 1. The van der Waals surface area contributed by atoms with E-state index in [-0.39, 0.29) is 5.91 Å². The van der Waals surface area contributed by atoms with E-state index in [2.05, 4.69) is 44.3 Å². The highest BCUT2D eigenvalue weighted by molar-refractivity contribution is 7.98. The van der Waals surface area contributed by atoms with Gasteiger partial charge < -0.3 is 5.32 Å². The topological polar surface area (TPSA) is 59.8 Å². The molecule has 0 atom stereocenters. The molecule has 0 bridgehead atoms. The maximum absolute atomic E-state index is 12.7. The molecule has 1 N–H and O–H groups in total. The Labute approximate surface area is 215 Å². The minimum absolute atomic E-state index is 0.113. The van der Waals surface area contributed by atoms with Gasteiger partial charge in [0.1, 0.15) is 5.82 Å². The first kappa shape index (κ1) is 23.6. The normalized spacial score (nSPS) is 10.8. The first-order chi connectivity index (χ1) is 17.7. The fourth-order valence-corrected chi connectivity index (χ4v) is 4.86. The van der Waals surface area contributed by atoms with Crippen molar-refractivity contribution in [1.29, 1.82) is 0 Å². The van der Waals surface area contributed by atoms with Crippen LogP contribution in [-0.2, 0) is 12.2 Å². The van der Waals surface area contributed by atoms with Crippen LogP contribution in [0.15, 0.2) is 114 Å². The van der Waals surface area contributed by atoms with Gasteiger partial charge in [-0.2, -0.15) is 0 Å². The highest BCUT2D eigenvalue weighted by atomic mass is 32.2. The van der Waals surface area contributed by atoms with Gasteiger partial charge in [-0.3, -0.25) is 9.36 Å². The van der Waals surface area contributed by atoms with Gasteiger partial charge in [0.2, 0.25) is 0 Å². The van der Waals surface area contributed by atoms with Gasteiger partial charge in [-0.25, -0.2) is 0 Å². The molecule has 0 saturated carbocycles. The Hall–Kier alpha value is -4.16. The number of thioether (sulfide) groups is 1. The number of hydrogen-bond acceptors (Lipinski definition) is 4. The van der Waals surface area contributed by atoms with Crippen molar-refractivity contribution in [1.82, 2.24) is 14.8 Å². The molecule has 5 rings (SSSR count). The van der Waals surface area contributed by atoms with E-state index in [1.165, 1.54) is 5.56 Å². The Bertz CT molecular complexity index is 1450. The minimum atomic E-state index is -0.113. The molecule has 0 fully saturated rings. The van der Waals surface area contributed by atoms with Crippen LogP contribution in [0.4, 0.5) is 5.69 Å². The lowest BCUT2D eigenvalue weighted by atomic mass is 10.1. The summed E-state index contributed by atoms with van der Waals surface area (Å²) in [5, 5.41) is 12.9. The van der Waals surface area contributed by atoms with Crippen molar-refractivity contribution in [2.45, 2.75) is 24.3 Å². The average Bonchev–Trinajstić information content (AvgIpc) is 3.32. The molecular weight excluding hydrogens is 464 g/mol. The monoisotopic (exact) mass is 490 g/mol. The second-order valence-electron chi connectivity index (χ2n) is 8.49. The largest absolute Gasteiger partial charge is 0.322 e. The zero-order chi connectivity index (χ0) is 24.7. The maximum atomic E-state index is 12.7. The fraction of sp³-hybridized carbons (Fsp3) is 0.100. The molecule has 0 aliphatic heterocycles. The van der Waals surface area contributed by atoms with Crippen molar-refractivity contribution in [2.75, 3.05) is 5.32 Å². The van der Waals surface area contributed by atoms with Crippen LogP contribution in [-0.4, -0.2) is 20.7 Å². The van der Waals surface area contributed by atoms with Crippen molar-refractivity contribution in [3.63, 3.8) is 0 Å². The van der Waals surface area contributed by atoms with E-state index in [1.54, 1.807) is 11.8 Å². The van der Waals surface area contributed by atoms with Gasteiger partial charge in [-0.05, 0) is 53.9 Å². The number of rotatable bonds is 8. The molecule has 5 nitrogen and oxygen atoms in total. The highest BCUT2D eigenvalue weighted by Gasteiger charge is 2.15. The molecule has 6 heteroatoms. The lowest BCUT2D eigenvalue weighted by molar-refractivity contribution is 0.102. The van der Waals surface area contributed by atoms with Gasteiger partial charge in [0.15, 0.2) is 5.16 Å². The summed E-state index contributed by atoms with van der Waals surface area (Å²) >= 11 is 1.63. The number of benzene rings is 4. The molecule has 0 saturated heterocycles. The lowest BCUT2D eigenvalue weighted by Gasteiger charge is -2.11. The number of aromatic nitrogens is 3. The van der Waals surface area contributed by atoms with Crippen LogP contribution in [0.5, 0.6) is 0 Å². The summed E-state index contributed by atoms with van der Waals surface area (Å²) in [5.41, 5.74) is 5.84. The molecule has 0 spiro atoms. The molecule has 4 aromatic carbocycles. The Morgan fingerprint density at radius 2 is 1.44 bits per heavy atom. The summed E-state index contributed by atoms with van der Waals surface area (Å²) in [7, 11) is 0. The Morgan fingerprint density at radius 3 is 2.17 bits per heavy atom. The van der Waals surface area contributed by atoms with E-state index in [1.807, 2.05) is 91.9 Å². The predicted octanol–water partition coefficient (Wildman–Crippen LogP) is 6.71. The fourth-order valence-electron chi connectivity index (χ4n) is 3.93. The van der Waals surface area contributed by atoms with Crippen LogP contribution in [0.25, 0.3) is 5.69 Å². The molecule has 1 aromatic heterocycles. The van der Waals surface area contributed by atoms with Crippen molar-refractivity contribution in [3.8, 4) is 5.69 Å². The van der Waals surface area contributed by atoms with Crippen LogP contribution in [0.1, 0.15) is 32.9 Å². The smallest absolute Gasteiger partial charge is 0.255 e. The predicted molar refractivity (Wildman–Crippen MR) is 146 cm³/mol. The van der Waals surface area contributed by atoms with Crippen LogP contribution in [0.3, 0.4) is 0 Å². The zero-order valence-electron chi connectivity index (χ0n) is 20.0. The molecule has 0 aliphatic carbocycles. The molecule has 178 valence electrons. The van der Waals surface area contributed by atoms with Gasteiger partial charge in [-0.1, -0.05) is 90.6 Å². The second-order valence-corrected chi connectivity index (χ2v) is 9.43. The maximum Gasteiger partial charge on any atom is 0.255 e. The van der Waals surface area contributed by atoms with E-state index in [9.17, 15) is 4.79 Å². The van der Waals surface area contributed by atoms with Crippen molar-refractivity contribution >= 4 is 23.4 Å². The van der Waals surface area contributed by atoms with Crippen LogP contribution in [0, 0.1) is 6.92 Å². The van der Waals surface area contributed by atoms with Crippen molar-refractivity contribution in [3.05, 3.63) is 137 Å². The van der Waals surface area contributed by atoms with E-state index >= 15 is 0 Å². The van der Waals surface area contributed by atoms with E-state index in [0.717, 1.165) is 39.2 Å². The number of para-hydroxylation sites is 2. The molecule has 36 heavy (non-hydrogen) atoms. The third-order valence-corrected chi connectivity index (χ3v) is 6.90. The number of nitrogens with zero attached hydrogens (tertiary/aromatic N) is 3. The summed E-state index contributed by atoms with van der Waals surface area (Å²) in [6, 6.07) is 36.0. The Balaban J connectivity index is 1.30. The third-order valence-electron chi connectivity index (χ3n) is 5.90. The minimum Gasteiger partial charge on any atom is -0.322 e. The summed E-state index contributed by atoms with van der Waals surface area (Å²) in [6.07, 6.45) is 0.702. The number of anilines is 1. The van der Waals surface area contributed by atoms with E-state index in [4.69, 9.17) is 0 Å². The van der Waals surface area contributed by atoms with Crippen molar-refractivity contribution < 1.29 is 4.79 Å². The van der Waals surface area contributed by atoms with E-state index in [0.29, 0.717) is 12.0 Å².